The molecule has 0 bridgehead atoms. The molecule has 0 spiro atoms. The van der Waals surface area contributed by atoms with Crippen molar-refractivity contribution in [2.24, 2.45) is 0 Å². The van der Waals surface area contributed by atoms with Crippen LogP contribution in [-0.4, -0.2) is 38.6 Å². The molecule has 1 aliphatic rings. The number of piperazine rings is 1. The van der Waals surface area contributed by atoms with Gasteiger partial charge in [-0.15, -0.1) is 0 Å². The fraction of sp³-hybridized carbons (Fsp3) is 0.381. The largest absolute Gasteiger partial charge is 0.359 e. The van der Waals surface area contributed by atoms with Gasteiger partial charge in [0.15, 0.2) is 0 Å². The highest BCUT2D eigenvalue weighted by Gasteiger charge is 2.21. The van der Waals surface area contributed by atoms with E-state index in [2.05, 4.69) is 29.3 Å². The molecule has 1 heterocycles. The standard InChI is InChI=1S/C21H27N3O/c1-4-23-9-11-24(12-10-23)20-8-6-5-7-19(20)22-21(25)18-14-16(2)13-17(3)15-18/h5-8,13-15H,4,9-12H2,1-3H3,(H,22,25)/p+1. The summed E-state index contributed by atoms with van der Waals surface area (Å²) in [7, 11) is 0. The molecule has 0 saturated carbocycles. The zero-order chi connectivity index (χ0) is 17.8. The van der Waals surface area contributed by atoms with E-state index >= 15 is 0 Å². The first kappa shape index (κ1) is 17.5. The smallest absolute Gasteiger partial charge is 0.255 e. The number of nitrogens with one attached hydrogen (secondary N) is 2. The number of hydrogen-bond donors (Lipinski definition) is 2. The Morgan fingerprint density at radius 3 is 2.36 bits per heavy atom. The van der Waals surface area contributed by atoms with E-state index < -0.39 is 0 Å². The molecule has 1 aliphatic heterocycles. The molecule has 2 N–H and O–H groups in total. The molecular weight excluding hydrogens is 310 g/mol. The van der Waals surface area contributed by atoms with E-state index in [-0.39, 0.29) is 5.91 Å². The second-order valence-electron chi connectivity index (χ2n) is 6.94. The summed E-state index contributed by atoms with van der Waals surface area (Å²) in [4.78, 5) is 16.7. The Labute approximate surface area is 150 Å². The van der Waals surface area contributed by atoms with Crippen LogP contribution in [0.25, 0.3) is 0 Å². The maximum atomic E-state index is 12.7. The Hall–Kier alpha value is -2.33. The number of nitrogens with zero attached hydrogens (tertiary/aromatic N) is 1. The van der Waals surface area contributed by atoms with Crippen LogP contribution in [0.4, 0.5) is 11.4 Å². The van der Waals surface area contributed by atoms with Crippen LogP contribution in [0.1, 0.15) is 28.4 Å². The highest BCUT2D eigenvalue weighted by Crippen LogP contribution is 2.26. The van der Waals surface area contributed by atoms with Crippen LogP contribution < -0.4 is 15.1 Å². The number of amides is 1. The summed E-state index contributed by atoms with van der Waals surface area (Å²) < 4.78 is 0. The molecule has 1 fully saturated rings. The van der Waals surface area contributed by atoms with Gasteiger partial charge in [-0.3, -0.25) is 4.79 Å². The van der Waals surface area contributed by atoms with Crippen LogP contribution in [0.2, 0.25) is 0 Å². The Morgan fingerprint density at radius 1 is 1.08 bits per heavy atom. The average Bonchev–Trinajstić information content (AvgIpc) is 2.61. The van der Waals surface area contributed by atoms with Gasteiger partial charge in [-0.25, -0.2) is 0 Å². The summed E-state index contributed by atoms with van der Waals surface area (Å²) in [5.74, 6) is -0.0444. The third-order valence-corrected chi connectivity index (χ3v) is 4.95. The van der Waals surface area contributed by atoms with Gasteiger partial charge in [0.2, 0.25) is 0 Å². The molecule has 1 saturated heterocycles. The molecule has 1 amide bonds. The van der Waals surface area contributed by atoms with Crippen LogP contribution in [0.3, 0.4) is 0 Å². The molecule has 132 valence electrons. The van der Waals surface area contributed by atoms with Crippen molar-refractivity contribution in [1.29, 1.82) is 0 Å². The number of aryl methyl sites for hydroxylation is 2. The Kier molecular flexibility index (Phi) is 5.39. The second-order valence-corrected chi connectivity index (χ2v) is 6.94. The van der Waals surface area contributed by atoms with Gasteiger partial charge in [0.1, 0.15) is 0 Å². The van der Waals surface area contributed by atoms with E-state index in [1.807, 2.05) is 44.2 Å². The Morgan fingerprint density at radius 2 is 1.72 bits per heavy atom. The van der Waals surface area contributed by atoms with Gasteiger partial charge < -0.3 is 15.1 Å². The maximum absolute atomic E-state index is 12.7. The lowest BCUT2D eigenvalue weighted by Crippen LogP contribution is -3.14. The lowest BCUT2D eigenvalue weighted by Gasteiger charge is -2.34. The van der Waals surface area contributed by atoms with Crippen LogP contribution in [0.15, 0.2) is 42.5 Å². The zero-order valence-corrected chi connectivity index (χ0v) is 15.4. The molecule has 0 unspecified atom stereocenters. The minimum absolute atomic E-state index is 0.0444. The van der Waals surface area contributed by atoms with Crippen molar-refractivity contribution in [3.63, 3.8) is 0 Å². The fourth-order valence-corrected chi connectivity index (χ4v) is 3.57. The second kappa shape index (κ2) is 7.70. The van der Waals surface area contributed by atoms with Crippen molar-refractivity contribution in [3.05, 3.63) is 59.2 Å². The topological polar surface area (TPSA) is 36.8 Å². The SMILES string of the molecule is CC[NH+]1CCN(c2ccccc2NC(=O)c2cc(C)cc(C)c2)CC1. The van der Waals surface area contributed by atoms with E-state index in [0.29, 0.717) is 5.56 Å². The summed E-state index contributed by atoms with van der Waals surface area (Å²) in [6, 6.07) is 14.1. The first-order chi connectivity index (χ1) is 12.1. The molecular formula is C21H28N3O+. The third kappa shape index (κ3) is 4.20. The molecule has 0 aromatic heterocycles. The average molecular weight is 338 g/mol. The lowest BCUT2D eigenvalue weighted by molar-refractivity contribution is -0.898. The number of benzene rings is 2. The summed E-state index contributed by atoms with van der Waals surface area (Å²) in [6.07, 6.45) is 0. The van der Waals surface area contributed by atoms with Gasteiger partial charge >= 0.3 is 0 Å². The number of rotatable bonds is 4. The number of carbonyl (C=O) groups is 1. The summed E-state index contributed by atoms with van der Waals surface area (Å²) in [6.45, 7) is 11.8. The van der Waals surface area contributed by atoms with Crippen molar-refractivity contribution in [1.82, 2.24) is 0 Å². The molecule has 0 radical (unpaired) electrons. The highest BCUT2D eigenvalue weighted by atomic mass is 16.1. The minimum Gasteiger partial charge on any atom is -0.359 e. The van der Waals surface area contributed by atoms with Crippen LogP contribution in [-0.2, 0) is 0 Å². The molecule has 0 aliphatic carbocycles. The number of hydrogen-bond acceptors (Lipinski definition) is 2. The zero-order valence-electron chi connectivity index (χ0n) is 15.4. The summed E-state index contributed by atoms with van der Waals surface area (Å²) >= 11 is 0. The highest BCUT2D eigenvalue weighted by molar-refractivity contribution is 6.06. The minimum atomic E-state index is -0.0444. The molecule has 2 aromatic carbocycles. The number of quaternary nitrogens is 1. The molecule has 4 heteroatoms. The molecule has 0 atom stereocenters. The van der Waals surface area contributed by atoms with Crippen molar-refractivity contribution in [2.75, 3.05) is 42.9 Å². The van der Waals surface area contributed by atoms with Gasteiger partial charge in [0.25, 0.3) is 5.91 Å². The van der Waals surface area contributed by atoms with E-state index in [1.165, 1.54) is 6.54 Å². The Balaban J connectivity index is 1.78. The van der Waals surface area contributed by atoms with Gasteiger partial charge in [0, 0.05) is 5.56 Å². The van der Waals surface area contributed by atoms with Crippen molar-refractivity contribution in [2.45, 2.75) is 20.8 Å². The van der Waals surface area contributed by atoms with Gasteiger partial charge in [-0.1, -0.05) is 29.3 Å². The monoisotopic (exact) mass is 338 g/mol. The normalized spacial score (nSPS) is 15.2. The summed E-state index contributed by atoms with van der Waals surface area (Å²) in [5, 5.41) is 3.12. The first-order valence-corrected chi connectivity index (χ1v) is 9.14. The van der Waals surface area contributed by atoms with Crippen molar-refractivity contribution >= 4 is 17.3 Å². The van der Waals surface area contributed by atoms with E-state index in [1.54, 1.807) is 4.90 Å². The van der Waals surface area contributed by atoms with E-state index in [0.717, 1.165) is 48.7 Å². The van der Waals surface area contributed by atoms with Crippen LogP contribution >= 0.6 is 0 Å². The Bertz CT molecular complexity index is 728. The first-order valence-electron chi connectivity index (χ1n) is 9.14. The fourth-order valence-electron chi connectivity index (χ4n) is 3.57. The number of anilines is 2. The number of para-hydroxylation sites is 2. The van der Waals surface area contributed by atoms with E-state index in [9.17, 15) is 4.79 Å². The van der Waals surface area contributed by atoms with Crippen molar-refractivity contribution in [3.8, 4) is 0 Å². The molecule has 2 aromatic rings. The molecule has 3 rings (SSSR count). The summed E-state index contributed by atoms with van der Waals surface area (Å²) in [5.41, 5.74) is 4.95. The molecule has 4 nitrogen and oxygen atoms in total. The van der Waals surface area contributed by atoms with Crippen molar-refractivity contribution < 1.29 is 9.69 Å². The van der Waals surface area contributed by atoms with E-state index in [4.69, 9.17) is 0 Å². The maximum Gasteiger partial charge on any atom is 0.255 e. The number of carbonyl (C=O) groups excluding carboxylic acids is 1. The lowest BCUT2D eigenvalue weighted by atomic mass is 10.1. The predicted molar refractivity (Wildman–Crippen MR) is 104 cm³/mol. The van der Waals surface area contributed by atoms with Gasteiger partial charge in [-0.05, 0) is 45.0 Å². The molecule has 25 heavy (non-hydrogen) atoms. The predicted octanol–water partition coefficient (Wildman–Crippen LogP) is 2.28. The van der Waals surface area contributed by atoms with Gasteiger partial charge in [0.05, 0.1) is 44.1 Å². The third-order valence-electron chi connectivity index (χ3n) is 4.95. The number of likely N-dealkylation sites (N-methyl/N-ethyl adjacent to an activating group) is 1. The van der Waals surface area contributed by atoms with Crippen LogP contribution in [0.5, 0.6) is 0 Å². The van der Waals surface area contributed by atoms with Gasteiger partial charge in [-0.2, -0.15) is 0 Å². The van der Waals surface area contributed by atoms with Crippen LogP contribution in [0, 0.1) is 13.8 Å². The quantitative estimate of drug-likeness (QED) is 0.897.